The van der Waals surface area contributed by atoms with E-state index < -0.39 is 169 Å². The Labute approximate surface area is 558 Å². The van der Waals surface area contributed by atoms with Gasteiger partial charge in [0.25, 0.3) is 0 Å². The third-order valence-corrected chi connectivity index (χ3v) is 16.7. The molecular formula is C63H98N18O13S. The Morgan fingerprint density at radius 2 is 1.01 bits per heavy atom. The number of aliphatic imine (C=N–C) groups is 1. The molecule has 524 valence electrons. The molecule has 2 fully saturated rings. The number of nitrogens with zero attached hydrogens (tertiary/aromatic N) is 3. The van der Waals surface area contributed by atoms with Gasteiger partial charge in [-0.1, -0.05) is 74.5 Å². The van der Waals surface area contributed by atoms with Crippen molar-refractivity contribution in [3.63, 3.8) is 0 Å². The Kier molecular flexibility index (Phi) is 33.9. The first-order chi connectivity index (χ1) is 45.2. The number of carbonyl (C=O) groups excluding carboxylic acids is 13. The smallest absolute Gasteiger partial charge is 0.245 e. The fourth-order valence-electron chi connectivity index (χ4n) is 11.0. The topological polar surface area (TPSA) is 519 Å². The zero-order valence-corrected chi connectivity index (χ0v) is 55.3. The van der Waals surface area contributed by atoms with Crippen LogP contribution in [0.3, 0.4) is 0 Å². The van der Waals surface area contributed by atoms with Gasteiger partial charge in [0.15, 0.2) is 5.96 Å². The zero-order chi connectivity index (χ0) is 70.1. The Hall–Kier alpha value is -8.91. The Morgan fingerprint density at radius 1 is 0.537 bits per heavy atom. The quantitative estimate of drug-likeness (QED) is 0.0173. The van der Waals surface area contributed by atoms with E-state index in [4.69, 9.17) is 40.1 Å². The molecule has 13 amide bonds. The number of unbranched alkanes of at least 4 members (excludes halogenated alkanes) is 1. The van der Waals surface area contributed by atoms with Gasteiger partial charge < -0.3 is 92.5 Å². The fraction of sp³-hybridized carbons (Fsp3) is 0.587. The summed E-state index contributed by atoms with van der Waals surface area (Å²) in [5.41, 5.74) is 40.6. The number of nitrogens with two attached hydrogens (primary N) is 7. The molecule has 0 unspecified atom stereocenters. The van der Waals surface area contributed by atoms with Crippen molar-refractivity contribution in [3.05, 3.63) is 71.8 Å². The number of carbonyl (C=O) groups is 13. The Bertz CT molecular complexity index is 2960. The fourth-order valence-corrected chi connectivity index (χ4v) is 11.5. The highest BCUT2D eigenvalue weighted by molar-refractivity contribution is 7.98. The summed E-state index contributed by atoms with van der Waals surface area (Å²) < 4.78 is 0. The maximum Gasteiger partial charge on any atom is 0.245 e. The number of likely N-dealkylation sites (tertiary alicyclic amines) is 2. The predicted octanol–water partition coefficient (Wildman–Crippen LogP) is -3.71. The molecule has 2 aromatic rings. The number of hydrogen-bond acceptors (Lipinski definition) is 17. The van der Waals surface area contributed by atoms with Crippen molar-refractivity contribution in [2.75, 3.05) is 44.7 Å². The molecule has 0 aromatic heterocycles. The van der Waals surface area contributed by atoms with E-state index in [9.17, 15) is 62.3 Å². The SMILES string of the molecule is CSCC[C@H](NC(=O)[C@@H](CC(C)C)NC(=O)CNC(=O)[C@@H](Cc1ccccc1)NC(=O)[C@H](Cc1ccccc1)NC(=O)[C@H](CCC(N)=O)NC(=O)[C@H](CCC(N)=O)NC(=O)[C@@H]1CCCN1C(=O)[C@H](CCCCN)NC(=O)[C@H]1CCCN1C(=O)[C@@H](N)CCCN=C(N)N)C(N)=O. The molecule has 2 aliphatic heterocycles. The maximum atomic E-state index is 14.7. The van der Waals surface area contributed by atoms with Gasteiger partial charge in [0, 0.05) is 45.3 Å². The molecule has 4 rings (SSSR count). The molecule has 22 N–H and O–H groups in total. The second-order valence-electron chi connectivity index (χ2n) is 24.1. The van der Waals surface area contributed by atoms with Gasteiger partial charge >= 0.3 is 0 Å². The van der Waals surface area contributed by atoms with Gasteiger partial charge in [-0.2, -0.15) is 11.8 Å². The molecule has 10 atom stereocenters. The van der Waals surface area contributed by atoms with Crippen LogP contribution in [0, 0.1) is 5.92 Å². The van der Waals surface area contributed by atoms with Crippen LogP contribution in [-0.4, -0.2) is 198 Å². The number of rotatable bonds is 42. The maximum absolute atomic E-state index is 14.7. The summed E-state index contributed by atoms with van der Waals surface area (Å²) in [5, 5.41) is 21.1. The highest BCUT2D eigenvalue weighted by Gasteiger charge is 2.42. The van der Waals surface area contributed by atoms with Crippen molar-refractivity contribution >= 4 is 94.5 Å². The van der Waals surface area contributed by atoms with E-state index in [-0.39, 0.29) is 83.0 Å². The van der Waals surface area contributed by atoms with Gasteiger partial charge in [0.05, 0.1) is 12.6 Å². The van der Waals surface area contributed by atoms with Crippen molar-refractivity contribution in [1.29, 1.82) is 0 Å². The van der Waals surface area contributed by atoms with E-state index in [1.807, 2.05) is 20.1 Å². The lowest BCUT2D eigenvalue weighted by Crippen LogP contribution is -2.60. The monoisotopic (exact) mass is 1350 g/mol. The zero-order valence-electron chi connectivity index (χ0n) is 54.5. The van der Waals surface area contributed by atoms with Crippen LogP contribution in [-0.2, 0) is 75.2 Å². The third-order valence-electron chi connectivity index (χ3n) is 16.0. The van der Waals surface area contributed by atoms with Crippen LogP contribution >= 0.6 is 11.8 Å². The number of nitrogens with one attached hydrogen (secondary N) is 8. The lowest BCUT2D eigenvalue weighted by molar-refractivity contribution is -0.144. The van der Waals surface area contributed by atoms with Crippen molar-refractivity contribution in [2.45, 2.75) is 183 Å². The van der Waals surface area contributed by atoms with E-state index in [0.29, 0.717) is 55.4 Å². The molecule has 0 saturated carbocycles. The minimum atomic E-state index is -1.64. The van der Waals surface area contributed by atoms with Gasteiger partial charge in [0.2, 0.25) is 76.8 Å². The van der Waals surface area contributed by atoms with Gasteiger partial charge in [-0.25, -0.2) is 0 Å². The molecule has 2 saturated heterocycles. The standard InChI is InChI=1S/C63H98N18O13S/c1-37(2)33-45(57(89)74-41(53(68)85)27-32-95-3)73-52(84)36-72-54(86)46(34-38-15-6-4-7-16-38)78-58(90)47(35-39-17-8-5-9-18-39)79-56(88)42(23-25-50(66)82)75-55(87)43(24-26-51(67)83)76-59(91)49-22-14-31-81(49)62(94)44(20-10-11-28-64)77-60(92)48-21-13-30-80(48)61(93)40(65)19-12-29-71-63(69)70/h4-9,15-18,37,40-49H,10-14,19-36,64-65H2,1-3H3,(H2,66,82)(H2,67,83)(H2,68,85)(H,72,86)(H,73,84)(H,74,89)(H,75,87)(H,76,91)(H,77,92)(H,78,90)(H,79,88)(H4,69,70,71)/t40-,41-,42-,43-,44-,45+,46+,47-,48+,49-/m0/s1. The van der Waals surface area contributed by atoms with Crippen LogP contribution in [0.2, 0.25) is 0 Å². The molecule has 95 heavy (non-hydrogen) atoms. The summed E-state index contributed by atoms with van der Waals surface area (Å²) in [5.74, 6) is -9.80. The summed E-state index contributed by atoms with van der Waals surface area (Å²) >= 11 is 1.45. The number of guanidine groups is 1. The highest BCUT2D eigenvalue weighted by atomic mass is 32.2. The molecule has 2 heterocycles. The Morgan fingerprint density at radius 3 is 1.51 bits per heavy atom. The van der Waals surface area contributed by atoms with Crippen LogP contribution in [0.15, 0.2) is 65.7 Å². The molecule has 2 aromatic carbocycles. The highest BCUT2D eigenvalue weighted by Crippen LogP contribution is 2.24. The van der Waals surface area contributed by atoms with Crippen molar-refractivity contribution in [2.24, 2.45) is 51.0 Å². The molecule has 0 bridgehead atoms. The van der Waals surface area contributed by atoms with Crippen LogP contribution in [0.1, 0.15) is 121 Å². The van der Waals surface area contributed by atoms with Crippen LogP contribution in [0.5, 0.6) is 0 Å². The summed E-state index contributed by atoms with van der Waals surface area (Å²) in [7, 11) is 0. The summed E-state index contributed by atoms with van der Waals surface area (Å²) in [6.07, 6.45) is 3.12. The minimum absolute atomic E-state index is 0.0736. The van der Waals surface area contributed by atoms with Crippen LogP contribution in [0.25, 0.3) is 0 Å². The number of benzene rings is 2. The molecule has 32 heteroatoms. The van der Waals surface area contributed by atoms with Crippen LogP contribution < -0.4 is 82.7 Å². The van der Waals surface area contributed by atoms with Crippen molar-refractivity contribution < 1.29 is 62.3 Å². The van der Waals surface area contributed by atoms with Crippen molar-refractivity contribution in [1.82, 2.24) is 52.3 Å². The first kappa shape index (κ1) is 78.5. The largest absolute Gasteiger partial charge is 0.370 e. The molecule has 0 aliphatic carbocycles. The number of thioether (sulfide) groups is 1. The second kappa shape index (κ2) is 41.0. The summed E-state index contributed by atoms with van der Waals surface area (Å²) in [6, 6.07) is 4.51. The molecular weight excluding hydrogens is 1250 g/mol. The van der Waals surface area contributed by atoms with Gasteiger partial charge in [0.1, 0.15) is 54.4 Å². The number of hydrogen-bond donors (Lipinski definition) is 15. The minimum Gasteiger partial charge on any atom is -0.370 e. The lowest BCUT2D eigenvalue weighted by atomic mass is 10.0. The second-order valence-corrected chi connectivity index (χ2v) is 25.1. The first-order valence-corrected chi connectivity index (χ1v) is 33.6. The molecule has 0 radical (unpaired) electrons. The molecule has 2 aliphatic rings. The Balaban J connectivity index is 1.56. The molecule has 0 spiro atoms. The predicted molar refractivity (Wildman–Crippen MR) is 356 cm³/mol. The van der Waals surface area contributed by atoms with Gasteiger partial charge in [-0.05, 0) is 119 Å². The van der Waals surface area contributed by atoms with Crippen molar-refractivity contribution in [3.8, 4) is 0 Å². The van der Waals surface area contributed by atoms with Gasteiger partial charge in [-0.15, -0.1) is 0 Å². The van der Waals surface area contributed by atoms with E-state index in [1.165, 1.54) is 21.6 Å². The third kappa shape index (κ3) is 27.5. The van der Waals surface area contributed by atoms with E-state index in [2.05, 4.69) is 47.5 Å². The molecule has 31 nitrogen and oxygen atoms in total. The van der Waals surface area contributed by atoms with E-state index >= 15 is 0 Å². The van der Waals surface area contributed by atoms with Crippen LogP contribution in [0.4, 0.5) is 0 Å². The normalized spacial score (nSPS) is 16.8. The van der Waals surface area contributed by atoms with E-state index in [1.54, 1.807) is 60.7 Å². The van der Waals surface area contributed by atoms with E-state index in [0.717, 1.165) is 0 Å². The average molecular weight is 1350 g/mol. The average Bonchev–Trinajstić information content (AvgIpc) is 1.74. The first-order valence-electron chi connectivity index (χ1n) is 32.2. The number of amides is 13. The number of primary amides is 3. The lowest BCUT2D eigenvalue weighted by Gasteiger charge is -2.32. The summed E-state index contributed by atoms with van der Waals surface area (Å²) in [4.78, 5) is 185. The summed E-state index contributed by atoms with van der Waals surface area (Å²) in [6.45, 7) is 3.86. The van der Waals surface area contributed by atoms with Gasteiger partial charge in [-0.3, -0.25) is 67.3 Å².